The van der Waals surface area contributed by atoms with Gasteiger partial charge in [0.1, 0.15) is 10.7 Å². The summed E-state index contributed by atoms with van der Waals surface area (Å²) in [7, 11) is -3.95. The number of carboxylic acids is 1. The average Bonchev–Trinajstić information content (AvgIpc) is 2.38. The molecular weight excluding hydrogens is 321 g/mol. The fourth-order valence-corrected chi connectivity index (χ4v) is 4.64. The Hall–Kier alpha value is -1.18. The van der Waals surface area contributed by atoms with Gasteiger partial charge in [-0.15, -0.1) is 0 Å². The largest absolute Gasteiger partial charge is 0.481 e. The molecule has 2 rings (SSSR count). The van der Waals surface area contributed by atoms with Crippen LogP contribution in [-0.2, 0) is 14.8 Å². The number of carbonyl (C=O) groups is 1. The summed E-state index contributed by atoms with van der Waals surface area (Å²) in [6.07, 6.45) is 0.884. The Bertz CT molecular complexity index is 664. The molecule has 0 spiro atoms. The van der Waals surface area contributed by atoms with Crippen LogP contribution in [0.3, 0.4) is 0 Å². The van der Waals surface area contributed by atoms with E-state index in [4.69, 9.17) is 16.7 Å². The number of nitrogens with zero attached hydrogens (tertiary/aromatic N) is 1. The van der Waals surface area contributed by atoms with Crippen LogP contribution >= 0.6 is 11.6 Å². The van der Waals surface area contributed by atoms with Gasteiger partial charge in [-0.3, -0.25) is 4.79 Å². The van der Waals surface area contributed by atoms with E-state index in [1.54, 1.807) is 6.92 Å². The Labute approximate surface area is 127 Å². The summed E-state index contributed by atoms with van der Waals surface area (Å²) in [4.78, 5) is 10.9. The highest BCUT2D eigenvalue weighted by atomic mass is 35.5. The minimum Gasteiger partial charge on any atom is -0.481 e. The highest BCUT2D eigenvalue weighted by molar-refractivity contribution is 7.89. The number of halogens is 2. The first-order chi connectivity index (χ1) is 9.73. The van der Waals surface area contributed by atoms with E-state index in [9.17, 15) is 17.6 Å². The molecule has 1 fully saturated rings. The van der Waals surface area contributed by atoms with E-state index in [1.165, 1.54) is 0 Å². The zero-order chi connectivity index (χ0) is 15.8. The molecule has 1 saturated heterocycles. The second-order valence-electron chi connectivity index (χ2n) is 5.11. The van der Waals surface area contributed by atoms with Crippen molar-refractivity contribution in [2.75, 3.05) is 6.54 Å². The smallest absolute Gasteiger partial charge is 0.307 e. The maximum Gasteiger partial charge on any atom is 0.307 e. The lowest BCUT2D eigenvalue weighted by Gasteiger charge is -2.35. The molecule has 1 aliphatic heterocycles. The summed E-state index contributed by atoms with van der Waals surface area (Å²) in [5.41, 5.74) is 0. The van der Waals surface area contributed by atoms with Gasteiger partial charge in [0.25, 0.3) is 0 Å². The standard InChI is InChI=1S/C13H15ClFNO4S/c1-8-2-3-9(13(17)18)7-16(8)21(19,20)12-5-4-10(15)6-11(12)14/h4-6,8-9H,2-3,7H2,1H3,(H,17,18). The van der Waals surface area contributed by atoms with Crippen LogP contribution in [0.25, 0.3) is 0 Å². The molecule has 0 radical (unpaired) electrons. The molecule has 1 aromatic rings. The minimum absolute atomic E-state index is 0.105. The summed E-state index contributed by atoms with van der Waals surface area (Å²) < 4.78 is 39.4. The molecule has 0 aromatic heterocycles. The number of sulfonamides is 1. The number of aliphatic carboxylic acids is 1. The number of piperidine rings is 1. The molecule has 0 aliphatic carbocycles. The Kier molecular flexibility index (Phi) is 4.55. The predicted molar refractivity (Wildman–Crippen MR) is 75.1 cm³/mol. The fraction of sp³-hybridized carbons (Fsp3) is 0.462. The maximum atomic E-state index is 13.1. The number of rotatable bonds is 3. The summed E-state index contributed by atoms with van der Waals surface area (Å²) in [6, 6.07) is 2.72. The van der Waals surface area contributed by atoms with Crippen LogP contribution in [0.2, 0.25) is 5.02 Å². The Balaban J connectivity index is 2.39. The third-order valence-corrected chi connectivity index (χ3v) is 6.12. The maximum absolute atomic E-state index is 13.1. The van der Waals surface area contributed by atoms with Crippen molar-refractivity contribution in [3.05, 3.63) is 29.0 Å². The van der Waals surface area contributed by atoms with Gasteiger partial charge in [0.15, 0.2) is 0 Å². The average molecular weight is 336 g/mol. The first-order valence-electron chi connectivity index (χ1n) is 6.43. The highest BCUT2D eigenvalue weighted by Gasteiger charge is 2.38. The van der Waals surface area contributed by atoms with Crippen LogP contribution in [0.15, 0.2) is 23.1 Å². The van der Waals surface area contributed by atoms with Crippen molar-refractivity contribution in [2.45, 2.75) is 30.7 Å². The lowest BCUT2D eigenvalue weighted by atomic mass is 9.96. The molecule has 116 valence electrons. The van der Waals surface area contributed by atoms with Crippen LogP contribution in [0.1, 0.15) is 19.8 Å². The first kappa shape index (κ1) is 16.2. The molecule has 1 aromatic carbocycles. The van der Waals surface area contributed by atoms with Crippen LogP contribution in [0.5, 0.6) is 0 Å². The molecule has 8 heteroatoms. The third kappa shape index (κ3) is 3.20. The lowest BCUT2D eigenvalue weighted by Crippen LogP contribution is -2.47. The van der Waals surface area contributed by atoms with E-state index < -0.39 is 27.7 Å². The summed E-state index contributed by atoms with van der Waals surface area (Å²) in [6.45, 7) is 1.61. The van der Waals surface area contributed by atoms with Crippen molar-refractivity contribution in [3.8, 4) is 0 Å². The molecule has 1 N–H and O–H groups in total. The van der Waals surface area contributed by atoms with Gasteiger partial charge in [-0.1, -0.05) is 11.6 Å². The second-order valence-corrected chi connectivity index (χ2v) is 7.38. The highest BCUT2D eigenvalue weighted by Crippen LogP contribution is 2.31. The molecule has 2 atom stereocenters. The summed E-state index contributed by atoms with van der Waals surface area (Å²) >= 11 is 5.82. The normalized spacial score (nSPS) is 24.0. The van der Waals surface area contributed by atoms with E-state index >= 15 is 0 Å². The quantitative estimate of drug-likeness (QED) is 0.920. The molecule has 21 heavy (non-hydrogen) atoms. The van der Waals surface area contributed by atoms with Crippen molar-refractivity contribution in [1.82, 2.24) is 4.31 Å². The van der Waals surface area contributed by atoms with Gasteiger partial charge in [0, 0.05) is 12.6 Å². The van der Waals surface area contributed by atoms with Gasteiger partial charge in [0.2, 0.25) is 10.0 Å². The van der Waals surface area contributed by atoms with Gasteiger partial charge in [-0.25, -0.2) is 12.8 Å². The van der Waals surface area contributed by atoms with Gasteiger partial charge in [-0.05, 0) is 38.0 Å². The van der Waals surface area contributed by atoms with E-state index in [-0.39, 0.29) is 22.5 Å². The van der Waals surface area contributed by atoms with Crippen molar-refractivity contribution in [1.29, 1.82) is 0 Å². The van der Waals surface area contributed by atoms with Crippen LogP contribution in [-0.4, -0.2) is 36.4 Å². The molecular formula is C13H15ClFNO4S. The number of hydrogen-bond donors (Lipinski definition) is 1. The van der Waals surface area contributed by atoms with Crippen molar-refractivity contribution in [3.63, 3.8) is 0 Å². The lowest BCUT2D eigenvalue weighted by molar-refractivity contribution is -0.143. The van der Waals surface area contributed by atoms with E-state index in [0.717, 1.165) is 22.5 Å². The molecule has 5 nitrogen and oxygen atoms in total. The van der Waals surface area contributed by atoms with E-state index in [1.807, 2.05) is 0 Å². The SMILES string of the molecule is CC1CCC(C(=O)O)CN1S(=O)(=O)c1ccc(F)cc1Cl. The Morgan fingerprint density at radius 3 is 2.67 bits per heavy atom. The van der Waals surface area contributed by atoms with Crippen molar-refractivity contribution < 1.29 is 22.7 Å². The monoisotopic (exact) mass is 335 g/mol. The van der Waals surface area contributed by atoms with Crippen LogP contribution < -0.4 is 0 Å². The molecule has 1 aliphatic rings. The fourth-order valence-electron chi connectivity index (χ4n) is 2.42. The van der Waals surface area contributed by atoms with E-state index in [0.29, 0.717) is 12.8 Å². The molecule has 2 unspecified atom stereocenters. The van der Waals surface area contributed by atoms with Crippen LogP contribution in [0.4, 0.5) is 4.39 Å². The molecule has 0 amide bonds. The third-order valence-electron chi connectivity index (χ3n) is 3.65. The Morgan fingerprint density at radius 2 is 2.10 bits per heavy atom. The van der Waals surface area contributed by atoms with Gasteiger partial charge >= 0.3 is 5.97 Å². The van der Waals surface area contributed by atoms with Gasteiger partial charge in [-0.2, -0.15) is 4.31 Å². The second kappa shape index (κ2) is 5.90. The van der Waals surface area contributed by atoms with Crippen molar-refractivity contribution >= 4 is 27.6 Å². The van der Waals surface area contributed by atoms with Gasteiger partial charge in [0.05, 0.1) is 10.9 Å². The van der Waals surface area contributed by atoms with Crippen LogP contribution in [0, 0.1) is 11.7 Å². The number of benzene rings is 1. The summed E-state index contributed by atoms with van der Waals surface area (Å²) in [5, 5.41) is 8.86. The number of carboxylic acid groups (broad SMARTS) is 1. The first-order valence-corrected chi connectivity index (χ1v) is 8.25. The predicted octanol–water partition coefficient (Wildman–Crippen LogP) is 2.35. The van der Waals surface area contributed by atoms with Crippen molar-refractivity contribution in [2.24, 2.45) is 5.92 Å². The molecule has 1 heterocycles. The van der Waals surface area contributed by atoms with E-state index in [2.05, 4.69) is 0 Å². The molecule has 0 saturated carbocycles. The van der Waals surface area contributed by atoms with Gasteiger partial charge < -0.3 is 5.11 Å². The number of hydrogen-bond acceptors (Lipinski definition) is 3. The Morgan fingerprint density at radius 1 is 1.43 bits per heavy atom. The zero-order valence-corrected chi connectivity index (χ0v) is 12.9. The summed E-state index contributed by atoms with van der Waals surface area (Å²) in [5.74, 6) is -2.39. The minimum atomic E-state index is -3.95. The topological polar surface area (TPSA) is 74.7 Å². The molecule has 0 bridgehead atoms. The zero-order valence-electron chi connectivity index (χ0n) is 11.3.